The SMILES string of the molecule is Nc1cccc(C(=S)S)c1. The van der Waals surface area contributed by atoms with E-state index in [0.29, 0.717) is 9.88 Å². The minimum absolute atomic E-state index is 0.576. The van der Waals surface area contributed by atoms with Gasteiger partial charge in [0.15, 0.2) is 0 Å². The van der Waals surface area contributed by atoms with Gasteiger partial charge in [0, 0.05) is 11.3 Å². The van der Waals surface area contributed by atoms with Crippen molar-refractivity contribution >= 4 is 34.7 Å². The maximum absolute atomic E-state index is 5.50. The highest BCUT2D eigenvalue weighted by Crippen LogP contribution is 2.09. The minimum Gasteiger partial charge on any atom is -0.399 e. The largest absolute Gasteiger partial charge is 0.399 e. The summed E-state index contributed by atoms with van der Waals surface area (Å²) in [5.41, 5.74) is 7.12. The molecule has 0 amide bonds. The summed E-state index contributed by atoms with van der Waals surface area (Å²) in [6.45, 7) is 0. The van der Waals surface area contributed by atoms with Gasteiger partial charge in [-0.25, -0.2) is 0 Å². The lowest BCUT2D eigenvalue weighted by Gasteiger charge is -1.96. The molecule has 0 fully saturated rings. The van der Waals surface area contributed by atoms with Gasteiger partial charge < -0.3 is 5.73 Å². The van der Waals surface area contributed by atoms with Gasteiger partial charge in [-0.1, -0.05) is 24.4 Å². The molecule has 1 aromatic rings. The van der Waals surface area contributed by atoms with Crippen LogP contribution < -0.4 is 5.73 Å². The second-order valence-corrected chi connectivity index (χ2v) is 3.09. The second-order valence-electron chi connectivity index (χ2n) is 1.93. The van der Waals surface area contributed by atoms with Crippen molar-refractivity contribution in [3.8, 4) is 0 Å². The summed E-state index contributed by atoms with van der Waals surface area (Å²) >= 11 is 8.84. The number of nitrogen functional groups attached to an aromatic ring is 1. The van der Waals surface area contributed by atoms with E-state index in [4.69, 9.17) is 18.0 Å². The number of anilines is 1. The number of hydrogen-bond acceptors (Lipinski definition) is 2. The van der Waals surface area contributed by atoms with Gasteiger partial charge in [0.1, 0.15) is 0 Å². The van der Waals surface area contributed by atoms with Crippen LogP contribution in [0.4, 0.5) is 5.69 Å². The average molecular weight is 169 g/mol. The van der Waals surface area contributed by atoms with Crippen molar-refractivity contribution in [2.75, 3.05) is 5.73 Å². The summed E-state index contributed by atoms with van der Waals surface area (Å²) in [5, 5.41) is 0. The Morgan fingerprint density at radius 1 is 1.50 bits per heavy atom. The zero-order valence-electron chi connectivity index (χ0n) is 5.24. The zero-order valence-corrected chi connectivity index (χ0v) is 6.95. The van der Waals surface area contributed by atoms with Crippen LogP contribution in [-0.2, 0) is 0 Å². The van der Waals surface area contributed by atoms with Crippen molar-refractivity contribution in [3.63, 3.8) is 0 Å². The van der Waals surface area contributed by atoms with E-state index in [9.17, 15) is 0 Å². The van der Waals surface area contributed by atoms with Crippen LogP contribution in [0.3, 0.4) is 0 Å². The molecule has 0 aromatic heterocycles. The van der Waals surface area contributed by atoms with Crippen molar-refractivity contribution in [2.45, 2.75) is 0 Å². The van der Waals surface area contributed by atoms with Crippen LogP contribution in [0.2, 0.25) is 0 Å². The molecule has 0 bridgehead atoms. The molecular weight excluding hydrogens is 162 g/mol. The van der Waals surface area contributed by atoms with Gasteiger partial charge in [0.05, 0.1) is 4.20 Å². The molecule has 0 unspecified atom stereocenters. The molecule has 0 saturated heterocycles. The van der Waals surface area contributed by atoms with Crippen molar-refractivity contribution in [3.05, 3.63) is 29.8 Å². The monoisotopic (exact) mass is 169 g/mol. The van der Waals surface area contributed by atoms with E-state index < -0.39 is 0 Å². The third-order valence-electron chi connectivity index (χ3n) is 1.13. The predicted molar refractivity (Wildman–Crippen MR) is 51.5 cm³/mol. The summed E-state index contributed by atoms with van der Waals surface area (Å²) in [7, 11) is 0. The number of hydrogen-bond donors (Lipinski definition) is 2. The molecule has 3 heteroatoms. The lowest BCUT2D eigenvalue weighted by atomic mass is 10.2. The smallest absolute Gasteiger partial charge is 0.0748 e. The van der Waals surface area contributed by atoms with Crippen LogP contribution >= 0.6 is 24.8 Å². The minimum atomic E-state index is 0.576. The van der Waals surface area contributed by atoms with Gasteiger partial charge in [-0.2, -0.15) is 0 Å². The molecule has 1 nitrogen and oxygen atoms in total. The van der Waals surface area contributed by atoms with Crippen molar-refractivity contribution < 1.29 is 0 Å². The molecule has 0 saturated carbocycles. The Balaban J connectivity index is 3.07. The quantitative estimate of drug-likeness (QED) is 0.381. The first-order valence-corrected chi connectivity index (χ1v) is 3.64. The summed E-state index contributed by atoms with van der Waals surface area (Å²) in [6, 6.07) is 7.35. The Kier molecular flexibility index (Phi) is 2.29. The molecule has 2 N–H and O–H groups in total. The van der Waals surface area contributed by atoms with Crippen LogP contribution in [0.1, 0.15) is 5.56 Å². The first-order valence-electron chi connectivity index (χ1n) is 2.79. The van der Waals surface area contributed by atoms with Gasteiger partial charge >= 0.3 is 0 Å². The Hall–Kier alpha value is -0.540. The van der Waals surface area contributed by atoms with Crippen molar-refractivity contribution in [2.24, 2.45) is 0 Å². The van der Waals surface area contributed by atoms with Gasteiger partial charge in [-0.15, -0.1) is 12.6 Å². The van der Waals surface area contributed by atoms with Crippen molar-refractivity contribution in [1.82, 2.24) is 0 Å². The Labute approximate surface area is 70.7 Å². The van der Waals surface area contributed by atoms with E-state index in [0.717, 1.165) is 5.56 Å². The molecule has 0 atom stereocenters. The highest BCUT2D eigenvalue weighted by Gasteiger charge is 1.93. The molecule has 0 spiro atoms. The maximum atomic E-state index is 5.50. The number of thiol groups is 1. The molecule has 0 radical (unpaired) electrons. The van der Waals surface area contributed by atoms with Gasteiger partial charge in [0.25, 0.3) is 0 Å². The number of rotatable bonds is 1. The molecule has 0 aliphatic heterocycles. The molecule has 0 heterocycles. The molecule has 1 aromatic carbocycles. The Morgan fingerprint density at radius 2 is 2.20 bits per heavy atom. The molecule has 1 rings (SSSR count). The van der Waals surface area contributed by atoms with Crippen LogP contribution in [0.15, 0.2) is 24.3 Å². The number of nitrogens with two attached hydrogens (primary N) is 1. The first kappa shape index (κ1) is 7.57. The highest BCUT2D eigenvalue weighted by atomic mass is 32.1. The van der Waals surface area contributed by atoms with Gasteiger partial charge in [0.2, 0.25) is 0 Å². The molecule has 0 aliphatic carbocycles. The third kappa shape index (κ3) is 1.72. The van der Waals surface area contributed by atoms with Crippen LogP contribution in [-0.4, -0.2) is 4.20 Å². The maximum Gasteiger partial charge on any atom is 0.0748 e. The Bertz CT molecular complexity index is 258. The summed E-state index contributed by atoms with van der Waals surface area (Å²) < 4.78 is 0.576. The lowest BCUT2D eigenvalue weighted by molar-refractivity contribution is 1.66. The standard InChI is InChI=1S/C7H7NS2/c8-6-3-1-2-5(4-6)7(9)10/h1-4H,8H2,(H,9,10). The molecular formula is C7H7NS2. The van der Waals surface area contributed by atoms with E-state index >= 15 is 0 Å². The fraction of sp³-hybridized carbons (Fsp3) is 0. The predicted octanol–water partition coefficient (Wildman–Crippen LogP) is 1.87. The highest BCUT2D eigenvalue weighted by molar-refractivity contribution is 8.11. The first-order chi connectivity index (χ1) is 4.70. The Morgan fingerprint density at radius 3 is 2.60 bits per heavy atom. The van der Waals surface area contributed by atoms with Crippen LogP contribution in [0.5, 0.6) is 0 Å². The fourth-order valence-corrected chi connectivity index (χ4v) is 0.938. The van der Waals surface area contributed by atoms with Gasteiger partial charge in [-0.3, -0.25) is 0 Å². The summed E-state index contributed by atoms with van der Waals surface area (Å²) in [4.78, 5) is 0. The summed E-state index contributed by atoms with van der Waals surface area (Å²) in [6.07, 6.45) is 0. The normalized spacial score (nSPS) is 9.30. The second kappa shape index (κ2) is 3.03. The molecule has 10 heavy (non-hydrogen) atoms. The van der Waals surface area contributed by atoms with E-state index in [-0.39, 0.29) is 0 Å². The number of thiocarbonyl (C=S) groups is 1. The average Bonchev–Trinajstić information content (AvgIpc) is 1.88. The van der Waals surface area contributed by atoms with E-state index in [1.807, 2.05) is 18.2 Å². The van der Waals surface area contributed by atoms with Crippen molar-refractivity contribution in [1.29, 1.82) is 0 Å². The van der Waals surface area contributed by atoms with E-state index in [2.05, 4.69) is 12.6 Å². The zero-order chi connectivity index (χ0) is 7.56. The van der Waals surface area contributed by atoms with Crippen LogP contribution in [0.25, 0.3) is 0 Å². The van der Waals surface area contributed by atoms with E-state index in [1.54, 1.807) is 6.07 Å². The topological polar surface area (TPSA) is 26.0 Å². The third-order valence-corrected chi connectivity index (χ3v) is 1.63. The van der Waals surface area contributed by atoms with Gasteiger partial charge in [-0.05, 0) is 12.1 Å². The van der Waals surface area contributed by atoms with Crippen LogP contribution in [0, 0.1) is 0 Å². The molecule has 52 valence electrons. The fourth-order valence-electron chi connectivity index (χ4n) is 0.672. The summed E-state index contributed by atoms with van der Waals surface area (Å²) in [5.74, 6) is 0. The molecule has 0 aliphatic rings. The number of benzene rings is 1. The van der Waals surface area contributed by atoms with E-state index in [1.165, 1.54) is 0 Å². The lowest BCUT2D eigenvalue weighted by Crippen LogP contribution is -1.89.